The summed E-state index contributed by atoms with van der Waals surface area (Å²) >= 11 is 0. The number of primary amides is 1. The molecule has 1 heterocycles. The Bertz CT molecular complexity index is 556. The lowest BCUT2D eigenvalue weighted by Gasteiger charge is -2.11. The molecule has 0 spiro atoms. The van der Waals surface area contributed by atoms with Crippen LogP contribution in [0.25, 0.3) is 0 Å². The maximum absolute atomic E-state index is 11.2. The molecule has 0 aromatic heterocycles. The van der Waals surface area contributed by atoms with E-state index in [4.69, 9.17) is 10.8 Å². The fourth-order valence-corrected chi connectivity index (χ4v) is 1.98. The first kappa shape index (κ1) is 11.8. The molecule has 1 unspecified atom stereocenters. The van der Waals surface area contributed by atoms with Gasteiger partial charge in [0, 0.05) is 18.7 Å². The number of nitro groups is 1. The van der Waals surface area contributed by atoms with Crippen LogP contribution in [0.15, 0.2) is 18.2 Å². The molecule has 2 amide bonds. The summed E-state index contributed by atoms with van der Waals surface area (Å²) in [4.78, 5) is 33.2. The third-order valence-electron chi connectivity index (χ3n) is 2.83. The molecule has 1 atom stereocenters. The van der Waals surface area contributed by atoms with Gasteiger partial charge in [0.15, 0.2) is 0 Å². The number of non-ortho nitro benzene ring substituents is 1. The number of rotatable bonds is 2. The third kappa shape index (κ3) is 1.73. The highest BCUT2D eigenvalue weighted by molar-refractivity contribution is 5.96. The molecular formula is C10H9N3O5. The van der Waals surface area contributed by atoms with Crippen LogP contribution in [0.3, 0.4) is 0 Å². The van der Waals surface area contributed by atoms with Crippen molar-refractivity contribution >= 4 is 23.4 Å². The minimum Gasteiger partial charge on any atom is -0.465 e. The molecule has 1 aromatic rings. The predicted molar refractivity (Wildman–Crippen MR) is 60.4 cm³/mol. The number of hydrogen-bond acceptors (Lipinski definition) is 4. The SMILES string of the molecule is NC(=O)C1CN(C(=O)O)c2ccc([N+](=O)[O-])cc21. The van der Waals surface area contributed by atoms with Crippen LogP contribution in [-0.4, -0.2) is 28.6 Å². The van der Waals surface area contributed by atoms with Crippen molar-refractivity contribution in [1.29, 1.82) is 0 Å². The summed E-state index contributed by atoms with van der Waals surface area (Å²) in [6.45, 7) is -0.110. The van der Waals surface area contributed by atoms with Gasteiger partial charge in [-0.05, 0) is 11.6 Å². The van der Waals surface area contributed by atoms with Crippen LogP contribution in [0.5, 0.6) is 0 Å². The molecule has 1 aliphatic rings. The molecule has 0 bridgehead atoms. The molecule has 0 saturated heterocycles. The van der Waals surface area contributed by atoms with Gasteiger partial charge in [0.25, 0.3) is 5.69 Å². The molecule has 94 valence electrons. The van der Waals surface area contributed by atoms with Crippen LogP contribution in [-0.2, 0) is 4.79 Å². The number of nitrogens with two attached hydrogens (primary N) is 1. The first-order valence-electron chi connectivity index (χ1n) is 5.00. The second-order valence-corrected chi connectivity index (χ2v) is 3.85. The van der Waals surface area contributed by atoms with Gasteiger partial charge < -0.3 is 10.8 Å². The van der Waals surface area contributed by atoms with Crippen molar-refractivity contribution in [1.82, 2.24) is 0 Å². The largest absolute Gasteiger partial charge is 0.465 e. The zero-order valence-electron chi connectivity index (χ0n) is 9.07. The molecular weight excluding hydrogens is 242 g/mol. The molecule has 1 aliphatic heterocycles. The lowest BCUT2D eigenvalue weighted by Crippen LogP contribution is -2.31. The van der Waals surface area contributed by atoms with Crippen molar-refractivity contribution in [2.45, 2.75) is 5.92 Å². The number of nitro benzene ring substituents is 1. The van der Waals surface area contributed by atoms with Crippen LogP contribution in [0.2, 0.25) is 0 Å². The Balaban J connectivity index is 2.55. The van der Waals surface area contributed by atoms with Gasteiger partial charge >= 0.3 is 6.09 Å². The van der Waals surface area contributed by atoms with Gasteiger partial charge in [-0.3, -0.25) is 19.8 Å². The minimum absolute atomic E-state index is 0.110. The first-order chi connectivity index (χ1) is 8.41. The van der Waals surface area contributed by atoms with E-state index in [0.29, 0.717) is 0 Å². The van der Waals surface area contributed by atoms with E-state index in [1.807, 2.05) is 0 Å². The molecule has 0 radical (unpaired) electrons. The second kappa shape index (κ2) is 3.99. The van der Waals surface area contributed by atoms with Crippen LogP contribution >= 0.6 is 0 Å². The average Bonchev–Trinajstić information content (AvgIpc) is 2.67. The summed E-state index contributed by atoms with van der Waals surface area (Å²) in [5.74, 6) is -1.56. The number of fused-ring (bicyclic) bond motifs is 1. The van der Waals surface area contributed by atoms with Crippen molar-refractivity contribution in [2.75, 3.05) is 11.4 Å². The number of carbonyl (C=O) groups is 2. The van der Waals surface area contributed by atoms with Crippen molar-refractivity contribution in [3.05, 3.63) is 33.9 Å². The normalized spacial score (nSPS) is 17.3. The zero-order chi connectivity index (χ0) is 13.4. The van der Waals surface area contributed by atoms with Crippen LogP contribution in [0, 0.1) is 10.1 Å². The monoisotopic (exact) mass is 251 g/mol. The summed E-state index contributed by atoms with van der Waals surface area (Å²) < 4.78 is 0. The number of anilines is 1. The Kier molecular flexibility index (Phi) is 2.62. The molecule has 0 saturated carbocycles. The van der Waals surface area contributed by atoms with Crippen molar-refractivity contribution in [3.8, 4) is 0 Å². The number of hydrogen-bond donors (Lipinski definition) is 2. The molecule has 8 nitrogen and oxygen atoms in total. The summed E-state index contributed by atoms with van der Waals surface area (Å²) in [6.07, 6.45) is -1.23. The molecule has 3 N–H and O–H groups in total. The zero-order valence-corrected chi connectivity index (χ0v) is 9.07. The van der Waals surface area contributed by atoms with E-state index in [1.165, 1.54) is 18.2 Å². The van der Waals surface area contributed by atoms with Crippen molar-refractivity contribution < 1.29 is 19.6 Å². The fourth-order valence-electron chi connectivity index (χ4n) is 1.98. The van der Waals surface area contributed by atoms with E-state index in [1.54, 1.807) is 0 Å². The highest BCUT2D eigenvalue weighted by Crippen LogP contribution is 2.38. The lowest BCUT2D eigenvalue weighted by atomic mass is 10.0. The lowest BCUT2D eigenvalue weighted by molar-refractivity contribution is -0.384. The maximum Gasteiger partial charge on any atom is 0.411 e. The summed E-state index contributed by atoms with van der Waals surface area (Å²) in [7, 11) is 0. The molecule has 2 rings (SSSR count). The highest BCUT2D eigenvalue weighted by atomic mass is 16.6. The van der Waals surface area contributed by atoms with E-state index in [0.717, 1.165) is 4.90 Å². The van der Waals surface area contributed by atoms with Gasteiger partial charge in [-0.2, -0.15) is 0 Å². The Morgan fingerprint density at radius 1 is 1.50 bits per heavy atom. The van der Waals surface area contributed by atoms with Gasteiger partial charge in [0.05, 0.1) is 16.5 Å². The second-order valence-electron chi connectivity index (χ2n) is 3.85. The average molecular weight is 251 g/mol. The van der Waals surface area contributed by atoms with Crippen LogP contribution in [0.4, 0.5) is 16.2 Å². The Morgan fingerprint density at radius 3 is 2.67 bits per heavy atom. The Morgan fingerprint density at radius 2 is 2.17 bits per heavy atom. The quantitative estimate of drug-likeness (QED) is 0.589. The Labute approximate surface area is 101 Å². The Hall–Kier alpha value is -2.64. The minimum atomic E-state index is -1.23. The van der Waals surface area contributed by atoms with E-state index in [2.05, 4.69) is 0 Å². The molecule has 18 heavy (non-hydrogen) atoms. The van der Waals surface area contributed by atoms with Crippen molar-refractivity contribution in [2.24, 2.45) is 5.73 Å². The molecule has 0 aliphatic carbocycles. The van der Waals surface area contributed by atoms with Gasteiger partial charge in [-0.25, -0.2) is 4.79 Å². The number of carboxylic acid groups (broad SMARTS) is 1. The predicted octanol–water partition coefficient (Wildman–Crippen LogP) is 0.662. The molecule has 8 heteroatoms. The van der Waals surface area contributed by atoms with Crippen LogP contribution < -0.4 is 10.6 Å². The molecule has 1 aromatic carbocycles. The van der Waals surface area contributed by atoms with E-state index < -0.39 is 22.8 Å². The number of amides is 2. The standard InChI is InChI=1S/C10H9N3O5/c11-9(14)7-4-12(10(15)16)8-2-1-5(13(17)18)3-6(7)8/h1-3,7H,4H2,(H2,11,14)(H,15,16). The number of nitrogens with zero attached hydrogens (tertiary/aromatic N) is 2. The van der Waals surface area contributed by atoms with E-state index in [9.17, 15) is 19.7 Å². The topological polar surface area (TPSA) is 127 Å². The number of carbonyl (C=O) groups excluding carboxylic acids is 1. The van der Waals surface area contributed by atoms with Gasteiger partial charge in [0.2, 0.25) is 5.91 Å². The molecule has 0 fully saturated rings. The smallest absolute Gasteiger partial charge is 0.411 e. The fraction of sp³-hybridized carbons (Fsp3) is 0.200. The van der Waals surface area contributed by atoms with Gasteiger partial charge in [-0.15, -0.1) is 0 Å². The first-order valence-corrected chi connectivity index (χ1v) is 5.00. The van der Waals surface area contributed by atoms with Crippen molar-refractivity contribution in [3.63, 3.8) is 0 Å². The third-order valence-corrected chi connectivity index (χ3v) is 2.83. The van der Waals surface area contributed by atoms with Crippen LogP contribution in [0.1, 0.15) is 11.5 Å². The summed E-state index contributed by atoms with van der Waals surface area (Å²) in [6, 6.07) is 3.69. The summed E-state index contributed by atoms with van der Waals surface area (Å²) in [5.41, 5.74) is 5.51. The van der Waals surface area contributed by atoms with Gasteiger partial charge in [-0.1, -0.05) is 0 Å². The number of benzene rings is 1. The van der Waals surface area contributed by atoms with Gasteiger partial charge in [0.1, 0.15) is 0 Å². The summed E-state index contributed by atoms with van der Waals surface area (Å²) in [5, 5.41) is 19.6. The highest BCUT2D eigenvalue weighted by Gasteiger charge is 2.36. The van der Waals surface area contributed by atoms with E-state index in [-0.39, 0.29) is 23.5 Å². The van der Waals surface area contributed by atoms with E-state index >= 15 is 0 Å². The maximum atomic E-state index is 11.2.